The summed E-state index contributed by atoms with van der Waals surface area (Å²) in [6, 6.07) is 8.14. The van der Waals surface area contributed by atoms with Crippen LogP contribution in [0, 0.1) is 5.92 Å². The van der Waals surface area contributed by atoms with Crippen LogP contribution in [0.3, 0.4) is 0 Å². The maximum Gasteiger partial charge on any atom is 0.368 e. The third-order valence-corrected chi connectivity index (χ3v) is 6.19. The second-order valence-electron chi connectivity index (χ2n) is 7.61. The van der Waals surface area contributed by atoms with Gasteiger partial charge < -0.3 is 15.2 Å². The van der Waals surface area contributed by atoms with Crippen LogP contribution in [-0.4, -0.2) is 62.6 Å². The van der Waals surface area contributed by atoms with Gasteiger partial charge in [-0.1, -0.05) is 44.2 Å². The van der Waals surface area contributed by atoms with Crippen molar-refractivity contribution in [3.8, 4) is 0 Å². The quantitative estimate of drug-likeness (QED) is 0.391. The second kappa shape index (κ2) is 8.16. The van der Waals surface area contributed by atoms with Gasteiger partial charge in [0.25, 0.3) is 5.91 Å². The fourth-order valence-corrected chi connectivity index (χ4v) is 4.73. The number of hydrogen-bond donors (Lipinski definition) is 2. The molecular weight excluding hydrogens is 396 g/mol. The third kappa shape index (κ3) is 3.89. The number of fused-ring (bicyclic) bond motifs is 1. The molecule has 2 aliphatic rings. The Balaban J connectivity index is 1.73. The van der Waals surface area contributed by atoms with E-state index in [0.29, 0.717) is 0 Å². The first-order valence-electron chi connectivity index (χ1n) is 9.42. The summed E-state index contributed by atoms with van der Waals surface area (Å²) in [6.45, 7) is 5.19. The molecule has 0 radical (unpaired) electrons. The number of hydrogen-bond acceptors (Lipinski definition) is 7. The van der Waals surface area contributed by atoms with Crippen molar-refractivity contribution in [2.75, 3.05) is 6.61 Å². The molecule has 1 aromatic carbocycles. The zero-order chi connectivity index (χ0) is 21.3. The summed E-state index contributed by atoms with van der Waals surface area (Å²) >= 11 is 1.12. The van der Waals surface area contributed by atoms with Crippen LogP contribution in [-0.2, 0) is 30.3 Å². The number of nitrogens with zero attached hydrogens (tertiary/aromatic N) is 1. The van der Waals surface area contributed by atoms with E-state index in [4.69, 9.17) is 4.74 Å². The molecule has 1 aromatic rings. The molecule has 2 N–H and O–H groups in total. The summed E-state index contributed by atoms with van der Waals surface area (Å²) in [5.74, 6) is -3.00. The van der Waals surface area contributed by atoms with E-state index < -0.39 is 40.1 Å². The Morgan fingerprint density at radius 2 is 1.93 bits per heavy atom. The van der Waals surface area contributed by atoms with Crippen molar-refractivity contribution in [2.24, 2.45) is 5.92 Å². The number of benzene rings is 1. The lowest BCUT2D eigenvalue weighted by Crippen LogP contribution is -2.82. The third-order valence-electron chi connectivity index (χ3n) is 4.80. The van der Waals surface area contributed by atoms with Gasteiger partial charge in [-0.3, -0.25) is 19.3 Å². The molecule has 0 aromatic heterocycles. The van der Waals surface area contributed by atoms with Gasteiger partial charge in [0, 0.05) is 0 Å². The lowest BCUT2D eigenvalue weighted by Gasteiger charge is -2.55. The molecular formula is C20H24N2O6S. The molecule has 2 fully saturated rings. The molecule has 29 heavy (non-hydrogen) atoms. The first-order valence-corrected chi connectivity index (χ1v) is 10.4. The molecule has 156 valence electrons. The Hall–Kier alpha value is -2.39. The van der Waals surface area contributed by atoms with Crippen molar-refractivity contribution in [1.82, 2.24) is 10.2 Å². The first-order chi connectivity index (χ1) is 13.7. The van der Waals surface area contributed by atoms with E-state index >= 15 is 0 Å². The monoisotopic (exact) mass is 420 g/mol. The summed E-state index contributed by atoms with van der Waals surface area (Å²) in [6.07, 6.45) is 0.0944. The Kier molecular flexibility index (Phi) is 6.00. The van der Waals surface area contributed by atoms with Gasteiger partial charge in [-0.25, -0.2) is 4.79 Å². The number of ketones is 1. The normalized spacial score (nSPS) is 28.6. The fraction of sp³-hybridized carbons (Fsp3) is 0.500. The van der Waals surface area contributed by atoms with E-state index in [2.05, 4.69) is 5.32 Å². The number of nitrogens with one attached hydrogen (secondary N) is 1. The van der Waals surface area contributed by atoms with Crippen LogP contribution in [0.25, 0.3) is 0 Å². The van der Waals surface area contributed by atoms with Crippen LogP contribution in [0.2, 0.25) is 0 Å². The van der Waals surface area contributed by atoms with Crippen LogP contribution in [0.15, 0.2) is 30.3 Å². The average Bonchev–Trinajstić information content (AvgIpc) is 2.68. The Morgan fingerprint density at radius 3 is 2.55 bits per heavy atom. The van der Waals surface area contributed by atoms with Crippen LogP contribution in [0.4, 0.5) is 0 Å². The van der Waals surface area contributed by atoms with Crippen LogP contribution >= 0.6 is 11.8 Å². The average molecular weight is 420 g/mol. The number of aliphatic hydroxyl groups is 1. The van der Waals surface area contributed by atoms with E-state index in [-0.39, 0.29) is 24.9 Å². The summed E-state index contributed by atoms with van der Waals surface area (Å²) in [5.41, 5.74) is -1.87. The number of β-lactam (4-membered cyclic amide) rings is 1. The van der Waals surface area contributed by atoms with Crippen molar-refractivity contribution in [2.45, 2.75) is 49.6 Å². The molecule has 2 amide bonds. The number of amides is 2. The molecule has 0 aliphatic carbocycles. The van der Waals surface area contributed by atoms with E-state index in [0.717, 1.165) is 22.2 Å². The Morgan fingerprint density at radius 1 is 1.28 bits per heavy atom. The number of esters is 1. The summed E-state index contributed by atoms with van der Waals surface area (Å²) in [7, 11) is 0. The highest BCUT2D eigenvalue weighted by Crippen LogP contribution is 2.44. The molecule has 0 bridgehead atoms. The molecule has 2 aliphatic heterocycles. The van der Waals surface area contributed by atoms with Crippen molar-refractivity contribution < 1.29 is 29.0 Å². The number of carbonyl (C=O) groups is 4. The number of carbonyl (C=O) groups excluding carboxylic acids is 4. The molecule has 0 saturated carbocycles. The van der Waals surface area contributed by atoms with Gasteiger partial charge in [-0.2, -0.15) is 0 Å². The number of ether oxygens (including phenoxy) is 1. The molecule has 0 spiro atoms. The van der Waals surface area contributed by atoms with Gasteiger partial charge in [0.15, 0.2) is 0 Å². The van der Waals surface area contributed by atoms with Gasteiger partial charge in [0.2, 0.25) is 11.7 Å². The van der Waals surface area contributed by atoms with E-state index in [1.807, 2.05) is 32.0 Å². The molecule has 8 nitrogen and oxygen atoms in total. The van der Waals surface area contributed by atoms with Gasteiger partial charge in [-0.05, 0) is 18.4 Å². The minimum Gasteiger partial charge on any atom is -0.461 e. The predicted octanol–water partition coefficient (Wildman–Crippen LogP) is 0.474. The van der Waals surface area contributed by atoms with Gasteiger partial charge in [0.05, 0.1) is 18.3 Å². The standard InChI is InChI=1S/C20H24N2O6S/c1-11(2)10-28-19(26)20(27)16(24)12(3)29-18-15(17(25)22(18)20)21-14(23)9-13-7-5-4-6-8-13/h4-8,11-12,15,18,27H,9-10H2,1-3H3,(H,21,23)/t12-,15-,18-,20-/m1/s1. The van der Waals surface area contributed by atoms with Gasteiger partial charge in [0.1, 0.15) is 11.4 Å². The van der Waals surface area contributed by atoms with Crippen molar-refractivity contribution in [1.29, 1.82) is 0 Å². The van der Waals surface area contributed by atoms with Crippen LogP contribution < -0.4 is 5.32 Å². The van der Waals surface area contributed by atoms with Gasteiger partial charge >= 0.3 is 11.7 Å². The zero-order valence-electron chi connectivity index (χ0n) is 16.5. The van der Waals surface area contributed by atoms with Crippen molar-refractivity contribution in [3.05, 3.63) is 35.9 Å². The molecule has 3 rings (SSSR count). The van der Waals surface area contributed by atoms with Crippen LogP contribution in [0.1, 0.15) is 26.3 Å². The van der Waals surface area contributed by atoms with E-state index in [1.54, 1.807) is 19.1 Å². The minimum absolute atomic E-state index is 0.000883. The van der Waals surface area contributed by atoms with E-state index in [1.165, 1.54) is 0 Å². The second-order valence-corrected chi connectivity index (χ2v) is 9.08. The maximum absolute atomic E-state index is 12.7. The maximum atomic E-state index is 12.7. The van der Waals surface area contributed by atoms with Crippen molar-refractivity contribution in [3.63, 3.8) is 0 Å². The lowest BCUT2D eigenvalue weighted by atomic mass is 9.94. The fourth-order valence-electron chi connectivity index (χ4n) is 3.30. The molecule has 4 atom stereocenters. The highest BCUT2D eigenvalue weighted by Gasteiger charge is 2.68. The summed E-state index contributed by atoms with van der Waals surface area (Å²) < 4.78 is 5.06. The smallest absolute Gasteiger partial charge is 0.368 e. The SMILES string of the molecule is CC(C)COC(=O)[C@]1(O)C(=O)[C@@H](C)S[C@@H]2[C@H](NC(=O)Cc3ccccc3)C(=O)N21. The highest BCUT2D eigenvalue weighted by molar-refractivity contribution is 8.01. The number of Topliss-reactive ketones (excluding diaryl/α,β-unsaturated/α-hetero) is 1. The van der Waals surface area contributed by atoms with Crippen molar-refractivity contribution >= 4 is 35.3 Å². The molecule has 2 saturated heterocycles. The largest absolute Gasteiger partial charge is 0.461 e. The Labute approximate surface area is 173 Å². The topological polar surface area (TPSA) is 113 Å². The predicted molar refractivity (Wildman–Crippen MR) is 106 cm³/mol. The Bertz CT molecular complexity index is 830. The summed E-state index contributed by atoms with van der Waals surface area (Å²) in [4.78, 5) is 50.9. The highest BCUT2D eigenvalue weighted by atomic mass is 32.2. The lowest BCUT2D eigenvalue weighted by molar-refractivity contribution is -0.210. The van der Waals surface area contributed by atoms with E-state index in [9.17, 15) is 24.3 Å². The number of thioether (sulfide) groups is 1. The summed E-state index contributed by atoms with van der Waals surface area (Å²) in [5, 5.41) is 12.1. The first kappa shape index (κ1) is 21.3. The molecule has 0 unspecified atom stereocenters. The zero-order valence-corrected chi connectivity index (χ0v) is 17.3. The molecule has 2 heterocycles. The molecule has 9 heteroatoms. The number of rotatable bonds is 6. The minimum atomic E-state index is -2.66. The van der Waals surface area contributed by atoms with Gasteiger partial charge in [-0.15, -0.1) is 11.8 Å². The van der Waals surface area contributed by atoms with Crippen LogP contribution in [0.5, 0.6) is 0 Å².